The minimum Gasteiger partial charge on any atom is -0.338 e. The van der Waals surface area contributed by atoms with Crippen LogP contribution in [0.4, 0.5) is 13.2 Å². The minimum absolute atomic E-state index is 0.0330. The number of halogens is 3. The molecular weight excluding hydrogens is 425 g/mol. The van der Waals surface area contributed by atoms with E-state index in [1.807, 2.05) is 13.8 Å². The summed E-state index contributed by atoms with van der Waals surface area (Å²) in [4.78, 5) is 34.0. The Hall–Kier alpha value is -3.17. The van der Waals surface area contributed by atoms with Crippen molar-refractivity contribution < 1.29 is 22.5 Å². The summed E-state index contributed by atoms with van der Waals surface area (Å²) in [6.45, 7) is 5.74. The number of carbonyl (C=O) groups excluding carboxylic acids is 1. The second-order valence-electron chi connectivity index (χ2n) is 8.16. The van der Waals surface area contributed by atoms with Crippen LogP contribution in [0.3, 0.4) is 0 Å². The molecule has 4 heterocycles. The van der Waals surface area contributed by atoms with Gasteiger partial charge < -0.3 is 14.4 Å². The Kier molecular flexibility index (Phi) is 5.56. The van der Waals surface area contributed by atoms with E-state index in [4.69, 9.17) is 4.52 Å². The van der Waals surface area contributed by atoms with Gasteiger partial charge in [-0.1, -0.05) is 12.1 Å². The van der Waals surface area contributed by atoms with Crippen molar-refractivity contribution in [2.24, 2.45) is 0 Å². The number of alkyl halides is 3. The Morgan fingerprint density at radius 1 is 1.31 bits per heavy atom. The zero-order valence-corrected chi connectivity index (χ0v) is 18.0. The molecule has 1 aliphatic rings. The number of piperidine rings is 1. The number of nitrogens with one attached hydrogen (secondary N) is 1. The topological polar surface area (TPSA) is 92.1 Å². The lowest BCUT2D eigenvalue weighted by atomic mass is 9.92. The van der Waals surface area contributed by atoms with E-state index in [0.717, 1.165) is 17.3 Å². The molecule has 1 saturated heterocycles. The van der Waals surface area contributed by atoms with Gasteiger partial charge in [-0.2, -0.15) is 13.2 Å². The first kappa shape index (κ1) is 22.0. The van der Waals surface area contributed by atoms with Crippen LogP contribution in [0.5, 0.6) is 0 Å². The van der Waals surface area contributed by atoms with Gasteiger partial charge in [0.05, 0.1) is 22.3 Å². The third-order valence-electron chi connectivity index (χ3n) is 6.00. The first-order valence-corrected chi connectivity index (χ1v) is 10.5. The molecule has 3 aromatic rings. The zero-order valence-electron chi connectivity index (χ0n) is 18.0. The molecule has 1 fully saturated rings. The summed E-state index contributed by atoms with van der Waals surface area (Å²) in [5, 5.41) is 3.48. The van der Waals surface area contributed by atoms with Gasteiger partial charge in [0.1, 0.15) is 5.56 Å². The monoisotopic (exact) mass is 448 g/mol. The van der Waals surface area contributed by atoms with Crippen molar-refractivity contribution in [3.63, 3.8) is 0 Å². The van der Waals surface area contributed by atoms with Gasteiger partial charge in [-0.25, -0.2) is 4.98 Å². The molecule has 0 radical (unpaired) electrons. The molecule has 1 aliphatic heterocycles. The number of nitrogens with zero attached hydrogens (tertiary/aromatic N) is 3. The van der Waals surface area contributed by atoms with Crippen molar-refractivity contribution in [2.45, 2.75) is 52.1 Å². The molecule has 0 aromatic carbocycles. The third-order valence-corrected chi connectivity index (χ3v) is 6.00. The van der Waals surface area contributed by atoms with Gasteiger partial charge in [0.25, 0.3) is 17.2 Å². The van der Waals surface area contributed by atoms with Crippen molar-refractivity contribution in [1.82, 2.24) is 20.0 Å². The lowest BCUT2D eigenvalue weighted by molar-refractivity contribution is -0.136. The van der Waals surface area contributed by atoms with Gasteiger partial charge in [-0.05, 0) is 50.8 Å². The van der Waals surface area contributed by atoms with Crippen LogP contribution in [0.15, 0.2) is 21.5 Å². The van der Waals surface area contributed by atoms with Gasteiger partial charge >= 0.3 is 6.18 Å². The van der Waals surface area contributed by atoms with E-state index in [1.54, 1.807) is 6.07 Å². The number of H-pyrrole nitrogens is 1. The van der Waals surface area contributed by atoms with Crippen molar-refractivity contribution in [2.75, 3.05) is 13.1 Å². The molecule has 170 valence electrons. The molecule has 1 amide bonds. The minimum atomic E-state index is -4.59. The number of rotatable bonds is 3. The maximum atomic E-state index is 13.7. The molecular formula is C22H23F3N4O3. The highest BCUT2D eigenvalue weighted by Gasteiger charge is 2.37. The van der Waals surface area contributed by atoms with E-state index < -0.39 is 29.1 Å². The summed E-state index contributed by atoms with van der Waals surface area (Å²) < 4.78 is 46.1. The van der Waals surface area contributed by atoms with Crippen LogP contribution in [0.2, 0.25) is 0 Å². The highest BCUT2D eigenvalue weighted by molar-refractivity contribution is 5.94. The molecule has 1 N–H and O–H groups in total. The van der Waals surface area contributed by atoms with Crippen LogP contribution in [0, 0.1) is 13.8 Å². The van der Waals surface area contributed by atoms with Gasteiger partial charge in [0.15, 0.2) is 0 Å². The molecule has 4 rings (SSSR count). The maximum Gasteiger partial charge on any atom is 0.417 e. The number of amides is 1. The average molecular weight is 448 g/mol. The Balaban J connectivity index is 1.67. The Morgan fingerprint density at radius 3 is 2.75 bits per heavy atom. The molecule has 0 unspecified atom stereocenters. The SMILES string of the molecule is CCc1[nH]c(=O)c(C(=O)N2CCC[C@H](c3cc(C(F)(F)F)c4c(C)noc4n3)C2)cc1C. The summed E-state index contributed by atoms with van der Waals surface area (Å²) >= 11 is 0. The van der Waals surface area contributed by atoms with Crippen LogP contribution >= 0.6 is 0 Å². The summed E-state index contributed by atoms with van der Waals surface area (Å²) in [6, 6.07) is 2.60. The lowest BCUT2D eigenvalue weighted by Crippen LogP contribution is -2.41. The van der Waals surface area contributed by atoms with Crippen LogP contribution in [0.25, 0.3) is 11.1 Å². The second kappa shape index (κ2) is 8.07. The number of hydrogen-bond donors (Lipinski definition) is 1. The number of aromatic nitrogens is 3. The van der Waals surface area contributed by atoms with Crippen molar-refractivity contribution in [3.05, 3.63) is 56.3 Å². The number of fused-ring (bicyclic) bond motifs is 1. The largest absolute Gasteiger partial charge is 0.417 e. The van der Waals surface area contributed by atoms with Crippen molar-refractivity contribution in [3.8, 4) is 0 Å². The second-order valence-corrected chi connectivity index (χ2v) is 8.16. The number of pyridine rings is 2. The smallest absolute Gasteiger partial charge is 0.338 e. The average Bonchev–Trinajstić information content (AvgIpc) is 3.14. The normalized spacial score (nSPS) is 17.2. The van der Waals surface area contributed by atoms with E-state index in [9.17, 15) is 22.8 Å². The quantitative estimate of drug-likeness (QED) is 0.651. The van der Waals surface area contributed by atoms with Gasteiger partial charge in [-0.3, -0.25) is 9.59 Å². The Morgan fingerprint density at radius 2 is 2.06 bits per heavy atom. The number of likely N-dealkylation sites (tertiary alicyclic amines) is 1. The maximum absolute atomic E-state index is 13.7. The molecule has 7 nitrogen and oxygen atoms in total. The van der Waals surface area contributed by atoms with Crippen LogP contribution in [0.1, 0.15) is 64.2 Å². The first-order chi connectivity index (χ1) is 15.1. The zero-order chi connectivity index (χ0) is 23.2. The summed E-state index contributed by atoms with van der Waals surface area (Å²) in [6.07, 6.45) is -2.81. The Bertz CT molecular complexity index is 1250. The van der Waals surface area contributed by atoms with E-state index in [-0.39, 0.29) is 34.6 Å². The van der Waals surface area contributed by atoms with Crippen molar-refractivity contribution in [1.29, 1.82) is 0 Å². The molecule has 10 heteroatoms. The van der Waals surface area contributed by atoms with Gasteiger partial charge in [0, 0.05) is 24.7 Å². The predicted molar refractivity (Wildman–Crippen MR) is 111 cm³/mol. The first-order valence-electron chi connectivity index (χ1n) is 10.5. The van der Waals surface area contributed by atoms with Crippen LogP contribution in [-0.4, -0.2) is 39.0 Å². The summed E-state index contributed by atoms with van der Waals surface area (Å²) in [5.74, 6) is -0.854. The number of aromatic amines is 1. The molecule has 0 aliphatic carbocycles. The summed E-state index contributed by atoms with van der Waals surface area (Å²) in [7, 11) is 0. The number of aryl methyl sites for hydroxylation is 3. The molecule has 0 saturated carbocycles. The standard InChI is InChI=1S/C22H23F3N4O3/c1-4-16-11(2)8-14(19(30)26-16)21(31)29-7-5-6-13(10-29)17-9-15(22(23,24)25)18-12(3)28-32-20(18)27-17/h8-9,13H,4-7,10H2,1-3H3,(H,26,30)/t13-/m0/s1. The fourth-order valence-corrected chi connectivity index (χ4v) is 4.32. The van der Waals surface area contributed by atoms with Crippen LogP contribution in [-0.2, 0) is 12.6 Å². The van der Waals surface area contributed by atoms with Crippen molar-refractivity contribution >= 4 is 17.0 Å². The van der Waals surface area contributed by atoms with E-state index in [0.29, 0.717) is 25.8 Å². The van der Waals surface area contributed by atoms with E-state index in [2.05, 4.69) is 15.1 Å². The van der Waals surface area contributed by atoms with Gasteiger partial charge in [-0.15, -0.1) is 0 Å². The van der Waals surface area contributed by atoms with Gasteiger partial charge in [0.2, 0.25) is 0 Å². The highest BCUT2D eigenvalue weighted by Crippen LogP contribution is 2.38. The fraction of sp³-hybridized carbons (Fsp3) is 0.455. The predicted octanol–water partition coefficient (Wildman–Crippen LogP) is 4.13. The Labute approximate surface area is 181 Å². The molecule has 3 aromatic heterocycles. The number of carbonyl (C=O) groups is 1. The molecule has 0 bridgehead atoms. The fourth-order valence-electron chi connectivity index (χ4n) is 4.32. The summed E-state index contributed by atoms with van der Waals surface area (Å²) in [5.41, 5.74) is 0.456. The molecule has 32 heavy (non-hydrogen) atoms. The van der Waals surface area contributed by atoms with E-state index in [1.165, 1.54) is 11.8 Å². The van der Waals surface area contributed by atoms with Crippen LogP contribution < -0.4 is 5.56 Å². The third kappa shape index (κ3) is 3.89. The number of hydrogen-bond acceptors (Lipinski definition) is 5. The lowest BCUT2D eigenvalue weighted by Gasteiger charge is -2.32. The van der Waals surface area contributed by atoms with E-state index >= 15 is 0 Å². The highest BCUT2D eigenvalue weighted by atomic mass is 19.4. The molecule has 0 spiro atoms. The molecule has 1 atom stereocenters.